The number of carbonyl (C=O) groups is 1. The maximum atomic E-state index is 11.9. The predicted molar refractivity (Wildman–Crippen MR) is 68.1 cm³/mol. The molecule has 4 atom stereocenters. The Labute approximate surface area is 106 Å². The molecule has 0 unspecified atom stereocenters. The largest absolute Gasteiger partial charge is 0.392 e. The van der Waals surface area contributed by atoms with Crippen molar-refractivity contribution in [3.8, 4) is 0 Å². The van der Waals surface area contributed by atoms with Gasteiger partial charge in [-0.2, -0.15) is 0 Å². The Morgan fingerprint density at radius 3 is 2.72 bits per heavy atom. The summed E-state index contributed by atoms with van der Waals surface area (Å²) < 4.78 is 0. The molecule has 2 fully saturated rings. The average Bonchev–Trinajstić information content (AvgIpc) is 3.01. The Morgan fingerprint density at radius 2 is 2.06 bits per heavy atom. The Morgan fingerprint density at radius 1 is 1.28 bits per heavy atom. The number of amides is 1. The maximum absolute atomic E-state index is 11.9. The fourth-order valence-corrected chi connectivity index (χ4v) is 2.62. The van der Waals surface area contributed by atoms with E-state index < -0.39 is 0 Å². The van der Waals surface area contributed by atoms with Gasteiger partial charge < -0.3 is 15.7 Å². The van der Waals surface area contributed by atoms with Crippen LogP contribution in [0.2, 0.25) is 0 Å². The van der Waals surface area contributed by atoms with Gasteiger partial charge in [-0.05, 0) is 18.4 Å². The zero-order chi connectivity index (χ0) is 12.5. The monoisotopic (exact) mass is 246 g/mol. The standard InChI is InChI=1S/C14H18N2O2/c17-10-6-13(15-8-10)14(18)16-12-7-11(12)9-4-2-1-3-5-9/h1-5,10-13,15,17H,6-8H2,(H,16,18)/t10-,11-,12-,13-/m1/s1. The summed E-state index contributed by atoms with van der Waals surface area (Å²) in [6, 6.07) is 10.3. The van der Waals surface area contributed by atoms with Gasteiger partial charge in [0.1, 0.15) is 0 Å². The highest BCUT2D eigenvalue weighted by atomic mass is 16.3. The minimum absolute atomic E-state index is 0.0231. The third-order valence-corrected chi connectivity index (χ3v) is 3.77. The molecule has 0 aromatic heterocycles. The summed E-state index contributed by atoms with van der Waals surface area (Å²) in [6.45, 7) is 0.519. The number of nitrogens with one attached hydrogen (secondary N) is 2. The third kappa shape index (κ3) is 2.40. The highest BCUT2D eigenvalue weighted by Crippen LogP contribution is 2.40. The summed E-state index contributed by atoms with van der Waals surface area (Å²) >= 11 is 0. The number of hydrogen-bond donors (Lipinski definition) is 3. The van der Waals surface area contributed by atoms with Gasteiger partial charge in [-0.15, -0.1) is 0 Å². The van der Waals surface area contributed by atoms with E-state index in [0.29, 0.717) is 18.9 Å². The zero-order valence-electron chi connectivity index (χ0n) is 10.2. The molecule has 2 aliphatic rings. The molecule has 4 heteroatoms. The Hall–Kier alpha value is -1.39. The van der Waals surface area contributed by atoms with E-state index in [1.165, 1.54) is 5.56 Å². The number of benzene rings is 1. The Kier molecular flexibility index (Phi) is 3.06. The summed E-state index contributed by atoms with van der Waals surface area (Å²) in [7, 11) is 0. The van der Waals surface area contributed by atoms with Gasteiger partial charge in [0.25, 0.3) is 0 Å². The molecule has 1 saturated carbocycles. The van der Waals surface area contributed by atoms with E-state index in [9.17, 15) is 9.90 Å². The summed E-state index contributed by atoms with van der Waals surface area (Å²) in [6.07, 6.45) is 1.16. The maximum Gasteiger partial charge on any atom is 0.237 e. The molecule has 0 bridgehead atoms. The van der Waals surface area contributed by atoms with Gasteiger partial charge in [0.2, 0.25) is 5.91 Å². The lowest BCUT2D eigenvalue weighted by Gasteiger charge is -2.10. The minimum atomic E-state index is -0.384. The molecule has 1 aromatic rings. The van der Waals surface area contributed by atoms with E-state index in [-0.39, 0.29) is 24.1 Å². The molecule has 3 N–H and O–H groups in total. The van der Waals surface area contributed by atoms with Crippen LogP contribution in [-0.4, -0.2) is 35.7 Å². The van der Waals surface area contributed by atoms with E-state index in [4.69, 9.17) is 0 Å². The van der Waals surface area contributed by atoms with Crippen LogP contribution >= 0.6 is 0 Å². The number of hydrogen-bond acceptors (Lipinski definition) is 3. The molecule has 1 aliphatic carbocycles. The molecule has 18 heavy (non-hydrogen) atoms. The number of aliphatic hydroxyl groups is 1. The van der Waals surface area contributed by atoms with E-state index in [1.54, 1.807) is 0 Å². The molecule has 1 heterocycles. The number of aliphatic hydroxyl groups excluding tert-OH is 1. The minimum Gasteiger partial charge on any atom is -0.392 e. The van der Waals surface area contributed by atoms with Gasteiger partial charge in [-0.3, -0.25) is 4.79 Å². The first-order valence-electron chi connectivity index (χ1n) is 6.51. The second-order valence-corrected chi connectivity index (χ2v) is 5.22. The van der Waals surface area contributed by atoms with Crippen molar-refractivity contribution < 1.29 is 9.90 Å². The molecule has 0 spiro atoms. The van der Waals surface area contributed by atoms with Crippen molar-refractivity contribution >= 4 is 5.91 Å². The topological polar surface area (TPSA) is 61.4 Å². The fraction of sp³-hybridized carbons (Fsp3) is 0.500. The summed E-state index contributed by atoms with van der Waals surface area (Å²) in [5.74, 6) is 0.483. The van der Waals surface area contributed by atoms with E-state index in [0.717, 1.165) is 6.42 Å². The molecule has 3 rings (SSSR count). The molecule has 1 amide bonds. The second kappa shape index (κ2) is 4.71. The van der Waals surface area contributed by atoms with Crippen LogP contribution in [0, 0.1) is 0 Å². The third-order valence-electron chi connectivity index (χ3n) is 3.77. The van der Waals surface area contributed by atoms with Crippen LogP contribution in [0.15, 0.2) is 30.3 Å². The lowest BCUT2D eigenvalue weighted by molar-refractivity contribution is -0.123. The molecule has 4 nitrogen and oxygen atoms in total. The summed E-state index contributed by atoms with van der Waals surface area (Å²) in [4.78, 5) is 11.9. The first-order chi connectivity index (χ1) is 8.74. The van der Waals surface area contributed by atoms with Crippen LogP contribution < -0.4 is 10.6 Å². The van der Waals surface area contributed by atoms with Crippen LogP contribution in [0.3, 0.4) is 0 Å². The van der Waals surface area contributed by atoms with Crippen molar-refractivity contribution in [3.05, 3.63) is 35.9 Å². The van der Waals surface area contributed by atoms with Crippen LogP contribution in [0.25, 0.3) is 0 Å². The lowest BCUT2D eigenvalue weighted by Crippen LogP contribution is -2.41. The highest BCUT2D eigenvalue weighted by Gasteiger charge is 2.41. The van der Waals surface area contributed by atoms with Crippen LogP contribution in [0.5, 0.6) is 0 Å². The molecule has 1 saturated heterocycles. The van der Waals surface area contributed by atoms with Crippen molar-refractivity contribution in [3.63, 3.8) is 0 Å². The van der Waals surface area contributed by atoms with Crippen LogP contribution in [-0.2, 0) is 4.79 Å². The van der Waals surface area contributed by atoms with Gasteiger partial charge in [0, 0.05) is 18.5 Å². The van der Waals surface area contributed by atoms with E-state index >= 15 is 0 Å². The van der Waals surface area contributed by atoms with Gasteiger partial charge in [-0.25, -0.2) is 0 Å². The van der Waals surface area contributed by atoms with Crippen molar-refractivity contribution in [1.29, 1.82) is 0 Å². The number of carbonyl (C=O) groups excluding carboxylic acids is 1. The molecule has 96 valence electrons. The van der Waals surface area contributed by atoms with Crippen molar-refractivity contribution in [2.45, 2.75) is 36.9 Å². The van der Waals surface area contributed by atoms with Crippen molar-refractivity contribution in [2.24, 2.45) is 0 Å². The van der Waals surface area contributed by atoms with Crippen LogP contribution in [0.4, 0.5) is 0 Å². The van der Waals surface area contributed by atoms with Gasteiger partial charge in [0.15, 0.2) is 0 Å². The van der Waals surface area contributed by atoms with Crippen molar-refractivity contribution in [2.75, 3.05) is 6.54 Å². The molecular weight excluding hydrogens is 228 g/mol. The summed E-state index contributed by atoms with van der Waals surface area (Å²) in [5, 5.41) is 15.5. The lowest BCUT2D eigenvalue weighted by atomic mass is 10.1. The molecule has 0 radical (unpaired) electrons. The van der Waals surface area contributed by atoms with Crippen LogP contribution in [0.1, 0.15) is 24.3 Å². The summed E-state index contributed by atoms with van der Waals surface area (Å²) in [5.41, 5.74) is 1.29. The molecule has 1 aromatic carbocycles. The number of rotatable bonds is 3. The fourth-order valence-electron chi connectivity index (χ4n) is 2.62. The smallest absolute Gasteiger partial charge is 0.237 e. The SMILES string of the molecule is O=C(N[C@@H]1C[C@@H]1c1ccccc1)[C@H]1C[C@@H](O)CN1. The predicted octanol–water partition coefficient (Wildman–Crippen LogP) is 0.381. The van der Waals surface area contributed by atoms with E-state index in [2.05, 4.69) is 22.8 Å². The average molecular weight is 246 g/mol. The first-order valence-corrected chi connectivity index (χ1v) is 6.51. The normalized spacial score (nSPS) is 34.3. The molecule has 1 aliphatic heterocycles. The first kappa shape index (κ1) is 11.7. The van der Waals surface area contributed by atoms with Gasteiger partial charge in [-0.1, -0.05) is 30.3 Å². The zero-order valence-corrected chi connectivity index (χ0v) is 10.2. The van der Waals surface area contributed by atoms with E-state index in [1.807, 2.05) is 18.2 Å². The highest BCUT2D eigenvalue weighted by molar-refractivity contribution is 5.83. The Bertz CT molecular complexity index is 435. The Balaban J connectivity index is 1.52. The van der Waals surface area contributed by atoms with Crippen molar-refractivity contribution in [1.82, 2.24) is 10.6 Å². The molecular formula is C14H18N2O2. The van der Waals surface area contributed by atoms with Gasteiger partial charge >= 0.3 is 0 Å². The second-order valence-electron chi connectivity index (χ2n) is 5.22. The number of β-amino-alcohol motifs (C(OH)–C–C–N with tert-alkyl or cyclic N) is 1. The quantitative estimate of drug-likeness (QED) is 0.722. The van der Waals surface area contributed by atoms with Gasteiger partial charge in [0.05, 0.1) is 12.1 Å².